The first kappa shape index (κ1) is 22.6. The van der Waals surface area contributed by atoms with E-state index in [4.69, 9.17) is 11.6 Å². The Morgan fingerprint density at radius 3 is 2.31 bits per heavy atom. The normalized spacial score (nSPS) is 22.5. The summed E-state index contributed by atoms with van der Waals surface area (Å²) in [5.41, 5.74) is 3.50. The Kier molecular flexibility index (Phi) is 6.47. The van der Waals surface area contributed by atoms with Crippen molar-refractivity contribution >= 4 is 23.2 Å². The number of aliphatic hydroxyl groups excluding tert-OH is 2. The third kappa shape index (κ3) is 4.49. The molecule has 2 aromatic rings. The van der Waals surface area contributed by atoms with Gasteiger partial charge in [-0.15, -0.1) is 0 Å². The SMILES string of the molecule is C=C(N[C@@H](C)c1ccc(C)cc1)C(O)C(O)C(=O)N1CC2CC1CN2c1ccc(Cl)cc1. The number of anilines is 1. The average Bonchev–Trinajstić information content (AvgIpc) is 3.39. The second kappa shape index (κ2) is 9.14. The summed E-state index contributed by atoms with van der Waals surface area (Å²) >= 11 is 5.99. The molecule has 3 N–H and O–H groups in total. The molecule has 170 valence electrons. The van der Waals surface area contributed by atoms with E-state index in [1.165, 1.54) is 0 Å². The van der Waals surface area contributed by atoms with Gasteiger partial charge in [-0.1, -0.05) is 48.0 Å². The fraction of sp³-hybridized carbons (Fsp3) is 0.400. The maximum absolute atomic E-state index is 13.0. The third-order valence-electron chi connectivity index (χ3n) is 6.57. The lowest BCUT2D eigenvalue weighted by Gasteiger charge is -2.37. The molecular formula is C25H30ClN3O3. The number of piperazine rings is 1. The number of hydrogen-bond donors (Lipinski definition) is 3. The van der Waals surface area contributed by atoms with Gasteiger partial charge in [-0.25, -0.2) is 0 Å². The van der Waals surface area contributed by atoms with Crippen LogP contribution in [0.4, 0.5) is 5.69 Å². The number of carbonyl (C=O) groups excluding carboxylic acids is 1. The summed E-state index contributed by atoms with van der Waals surface area (Å²) in [6, 6.07) is 15.8. The molecule has 6 nitrogen and oxygen atoms in total. The molecular weight excluding hydrogens is 426 g/mol. The molecule has 7 heteroatoms. The van der Waals surface area contributed by atoms with Gasteiger partial charge in [0.1, 0.15) is 6.10 Å². The van der Waals surface area contributed by atoms with E-state index in [-0.39, 0.29) is 23.8 Å². The van der Waals surface area contributed by atoms with Gasteiger partial charge in [0.15, 0.2) is 6.10 Å². The molecule has 0 spiro atoms. The highest BCUT2D eigenvalue weighted by Crippen LogP contribution is 2.35. The number of hydrogen-bond acceptors (Lipinski definition) is 5. The molecule has 0 aromatic heterocycles. The lowest BCUT2D eigenvalue weighted by Crippen LogP contribution is -2.54. The van der Waals surface area contributed by atoms with Gasteiger partial charge in [0.2, 0.25) is 0 Å². The van der Waals surface area contributed by atoms with Gasteiger partial charge in [0, 0.05) is 41.6 Å². The molecule has 1 amide bonds. The number of fused-ring (bicyclic) bond motifs is 2. The van der Waals surface area contributed by atoms with Crippen molar-refractivity contribution in [2.24, 2.45) is 0 Å². The molecule has 0 saturated carbocycles. The zero-order chi connectivity index (χ0) is 23.0. The summed E-state index contributed by atoms with van der Waals surface area (Å²) in [6.07, 6.45) is -2.09. The van der Waals surface area contributed by atoms with E-state index in [0.29, 0.717) is 18.1 Å². The average molecular weight is 456 g/mol. The molecule has 32 heavy (non-hydrogen) atoms. The number of carbonyl (C=O) groups is 1. The van der Waals surface area contributed by atoms with Crippen LogP contribution in [0, 0.1) is 6.92 Å². The number of nitrogens with one attached hydrogen (secondary N) is 1. The Hall–Kier alpha value is -2.54. The topological polar surface area (TPSA) is 76.0 Å². The van der Waals surface area contributed by atoms with E-state index in [0.717, 1.165) is 23.2 Å². The molecule has 2 aromatic carbocycles. The van der Waals surface area contributed by atoms with Crippen molar-refractivity contribution in [3.63, 3.8) is 0 Å². The van der Waals surface area contributed by atoms with Crippen LogP contribution in [-0.4, -0.2) is 58.4 Å². The fourth-order valence-electron chi connectivity index (χ4n) is 4.68. The first-order valence-electron chi connectivity index (χ1n) is 11.0. The van der Waals surface area contributed by atoms with E-state index in [1.807, 2.05) is 62.4 Å². The van der Waals surface area contributed by atoms with E-state index >= 15 is 0 Å². The molecule has 2 aliphatic rings. The third-order valence-corrected chi connectivity index (χ3v) is 6.82. The predicted molar refractivity (Wildman–Crippen MR) is 127 cm³/mol. The van der Waals surface area contributed by atoms with Gasteiger partial charge in [0.25, 0.3) is 5.91 Å². The van der Waals surface area contributed by atoms with Crippen LogP contribution in [0.25, 0.3) is 0 Å². The van der Waals surface area contributed by atoms with Crippen molar-refractivity contribution in [3.8, 4) is 0 Å². The van der Waals surface area contributed by atoms with E-state index in [2.05, 4.69) is 16.8 Å². The first-order valence-corrected chi connectivity index (χ1v) is 11.3. The second-order valence-corrected chi connectivity index (χ2v) is 9.29. The molecule has 4 rings (SSSR count). The van der Waals surface area contributed by atoms with Crippen LogP contribution in [-0.2, 0) is 4.79 Å². The number of amides is 1. The van der Waals surface area contributed by atoms with Gasteiger partial charge in [-0.2, -0.15) is 0 Å². The molecule has 4 unspecified atom stereocenters. The number of nitrogens with zero attached hydrogens (tertiary/aromatic N) is 2. The Labute approximate surface area is 194 Å². The van der Waals surface area contributed by atoms with Crippen LogP contribution in [0.1, 0.15) is 30.5 Å². The van der Waals surface area contributed by atoms with Gasteiger partial charge in [0.05, 0.1) is 6.04 Å². The molecule has 0 aliphatic carbocycles. The highest BCUT2D eigenvalue weighted by Gasteiger charge is 2.47. The van der Waals surface area contributed by atoms with Gasteiger partial charge >= 0.3 is 0 Å². The number of halogens is 1. The quantitative estimate of drug-likeness (QED) is 0.598. The fourth-order valence-corrected chi connectivity index (χ4v) is 4.81. The molecule has 2 aliphatic heterocycles. The summed E-state index contributed by atoms with van der Waals surface area (Å²) in [5.74, 6) is -0.452. The highest BCUT2D eigenvalue weighted by molar-refractivity contribution is 6.30. The van der Waals surface area contributed by atoms with Crippen LogP contribution in [0.3, 0.4) is 0 Å². The van der Waals surface area contributed by atoms with Crippen LogP contribution >= 0.6 is 11.6 Å². The number of benzene rings is 2. The lowest BCUT2D eigenvalue weighted by atomic mass is 10.0. The minimum atomic E-state index is -1.55. The Bertz CT molecular complexity index is 979. The van der Waals surface area contributed by atoms with E-state index < -0.39 is 18.1 Å². The molecule has 5 atom stereocenters. The standard InChI is InChI=1S/C25H30ClN3O3/c1-15-4-6-18(7-5-15)16(2)27-17(3)23(30)24(31)25(32)29-14-21-12-22(29)13-28(21)20-10-8-19(26)9-11-20/h4-11,16,21-24,27,30-31H,3,12-14H2,1-2H3/t16-,21?,22?,23?,24?/m0/s1. The smallest absolute Gasteiger partial charge is 0.254 e. The Morgan fingerprint density at radius 2 is 1.72 bits per heavy atom. The largest absolute Gasteiger partial charge is 0.384 e. The van der Waals surface area contributed by atoms with Crippen LogP contribution < -0.4 is 10.2 Å². The minimum Gasteiger partial charge on any atom is -0.384 e. The summed E-state index contributed by atoms with van der Waals surface area (Å²) < 4.78 is 0. The predicted octanol–water partition coefficient (Wildman–Crippen LogP) is 3.02. The molecule has 0 radical (unpaired) electrons. The van der Waals surface area contributed by atoms with Crippen LogP contribution in [0.5, 0.6) is 0 Å². The lowest BCUT2D eigenvalue weighted by molar-refractivity contribution is -0.146. The van der Waals surface area contributed by atoms with Crippen molar-refractivity contribution < 1.29 is 15.0 Å². The molecule has 2 heterocycles. The summed E-state index contributed by atoms with van der Waals surface area (Å²) in [5, 5.41) is 25.0. The Morgan fingerprint density at radius 1 is 1.06 bits per heavy atom. The van der Waals surface area contributed by atoms with E-state index in [9.17, 15) is 15.0 Å². The van der Waals surface area contributed by atoms with Crippen molar-refractivity contribution in [1.29, 1.82) is 0 Å². The number of aryl methyl sites for hydroxylation is 1. The maximum atomic E-state index is 13.0. The van der Waals surface area contributed by atoms with Crippen LogP contribution in [0.15, 0.2) is 60.8 Å². The van der Waals surface area contributed by atoms with Crippen molar-refractivity contribution in [2.45, 2.75) is 50.6 Å². The number of aliphatic hydroxyl groups is 2. The van der Waals surface area contributed by atoms with Crippen molar-refractivity contribution in [1.82, 2.24) is 10.2 Å². The monoisotopic (exact) mass is 455 g/mol. The molecule has 2 bridgehead atoms. The minimum absolute atomic E-state index is 0.0118. The van der Waals surface area contributed by atoms with Crippen LogP contribution in [0.2, 0.25) is 5.02 Å². The van der Waals surface area contributed by atoms with Crippen molar-refractivity contribution in [2.75, 3.05) is 18.0 Å². The first-order chi connectivity index (χ1) is 15.2. The second-order valence-electron chi connectivity index (χ2n) is 8.85. The molecule has 2 fully saturated rings. The highest BCUT2D eigenvalue weighted by atomic mass is 35.5. The maximum Gasteiger partial charge on any atom is 0.254 e. The molecule has 2 saturated heterocycles. The summed E-state index contributed by atoms with van der Waals surface area (Å²) in [7, 11) is 0. The summed E-state index contributed by atoms with van der Waals surface area (Å²) in [4.78, 5) is 16.9. The Balaban J connectivity index is 1.34. The number of rotatable bonds is 7. The zero-order valence-electron chi connectivity index (χ0n) is 18.4. The van der Waals surface area contributed by atoms with Gasteiger partial charge in [-0.3, -0.25) is 4.79 Å². The number of likely N-dealkylation sites (tertiary alicyclic amines) is 1. The van der Waals surface area contributed by atoms with E-state index in [1.54, 1.807) is 4.90 Å². The van der Waals surface area contributed by atoms with Gasteiger partial charge in [-0.05, 0) is 50.1 Å². The van der Waals surface area contributed by atoms with Crippen molar-refractivity contribution in [3.05, 3.63) is 77.0 Å². The van der Waals surface area contributed by atoms with Gasteiger partial charge < -0.3 is 25.3 Å². The summed E-state index contributed by atoms with van der Waals surface area (Å²) in [6.45, 7) is 9.05. The zero-order valence-corrected chi connectivity index (χ0v) is 19.2.